The molecular weight excluding hydrogens is 514 g/mol. The second kappa shape index (κ2) is 16.0. The normalized spacial score (nSPS) is 13.8. The van der Waals surface area contributed by atoms with Gasteiger partial charge in [-0.2, -0.15) is 0 Å². The molecule has 11 nitrogen and oxygen atoms in total. The van der Waals surface area contributed by atoms with Crippen LogP contribution in [-0.2, 0) is 36.9 Å². The Morgan fingerprint density at radius 2 is 1.57 bits per heavy atom. The molecule has 0 spiro atoms. The van der Waals surface area contributed by atoms with E-state index in [0.717, 1.165) is 5.56 Å². The minimum absolute atomic E-state index is 0.0232. The van der Waals surface area contributed by atoms with Crippen LogP contribution >= 0.6 is 0 Å². The lowest BCUT2D eigenvalue weighted by Gasteiger charge is -2.27. The van der Waals surface area contributed by atoms with Crippen LogP contribution in [0.25, 0.3) is 0 Å². The molecule has 11 heteroatoms. The number of hydrogen-bond acceptors (Lipinski definition) is 7. The summed E-state index contributed by atoms with van der Waals surface area (Å²) < 4.78 is 5.26. The maximum absolute atomic E-state index is 13.3. The molecule has 0 saturated heterocycles. The molecule has 2 aromatic rings. The molecular formula is C29H39N5O6. The fourth-order valence-electron chi connectivity index (χ4n) is 3.91. The first-order chi connectivity index (χ1) is 19.0. The summed E-state index contributed by atoms with van der Waals surface area (Å²) in [6.07, 6.45) is 3.10. The summed E-state index contributed by atoms with van der Waals surface area (Å²) in [4.78, 5) is 67.8. The Bertz CT molecular complexity index is 1140. The van der Waals surface area contributed by atoms with E-state index in [9.17, 15) is 24.0 Å². The zero-order chi connectivity index (χ0) is 29.7. The Balaban J connectivity index is 2.10. The molecule has 1 aromatic carbocycles. The van der Waals surface area contributed by atoms with Gasteiger partial charge in [0.2, 0.25) is 17.6 Å². The first kappa shape index (κ1) is 31.9. The summed E-state index contributed by atoms with van der Waals surface area (Å²) in [5.41, 5.74) is 6.89. The van der Waals surface area contributed by atoms with Crippen molar-refractivity contribution in [2.75, 3.05) is 0 Å². The van der Waals surface area contributed by atoms with Crippen molar-refractivity contribution >= 4 is 29.6 Å². The fourth-order valence-corrected chi connectivity index (χ4v) is 3.91. The Hall–Kier alpha value is -4.28. The van der Waals surface area contributed by atoms with Crippen molar-refractivity contribution in [1.82, 2.24) is 20.9 Å². The van der Waals surface area contributed by atoms with Gasteiger partial charge in [0.1, 0.15) is 18.7 Å². The number of ether oxygens (including phenoxy) is 1. The molecule has 0 saturated carbocycles. The molecule has 40 heavy (non-hydrogen) atoms. The number of rotatable bonds is 15. The van der Waals surface area contributed by atoms with E-state index in [1.54, 1.807) is 37.4 Å². The Morgan fingerprint density at radius 3 is 2.15 bits per heavy atom. The van der Waals surface area contributed by atoms with E-state index < -0.39 is 53.6 Å². The van der Waals surface area contributed by atoms with E-state index in [2.05, 4.69) is 20.9 Å². The predicted octanol–water partition coefficient (Wildman–Crippen LogP) is 2.04. The molecule has 0 aliphatic heterocycles. The lowest BCUT2D eigenvalue weighted by atomic mass is 9.93. The van der Waals surface area contributed by atoms with Crippen molar-refractivity contribution in [3.63, 3.8) is 0 Å². The van der Waals surface area contributed by atoms with E-state index in [1.807, 2.05) is 39.0 Å². The SMILES string of the molecule is CC[C@H](C)C(NC(=O)[C@H](CC(C)C)NC(=O)OCc1ccccc1)C(=O)C(=O)N[C@@H](Cc1cccnc1)C(N)=O. The van der Waals surface area contributed by atoms with Crippen LogP contribution in [0.5, 0.6) is 0 Å². The van der Waals surface area contributed by atoms with Crippen molar-refractivity contribution in [3.05, 3.63) is 66.0 Å². The third kappa shape index (κ3) is 10.5. The molecule has 0 bridgehead atoms. The monoisotopic (exact) mass is 553 g/mol. The quantitative estimate of drug-likeness (QED) is 0.245. The summed E-state index contributed by atoms with van der Waals surface area (Å²) in [5, 5.41) is 7.60. The molecule has 216 valence electrons. The van der Waals surface area contributed by atoms with E-state index >= 15 is 0 Å². The Kier molecular flexibility index (Phi) is 12.7. The van der Waals surface area contributed by atoms with Crippen molar-refractivity contribution in [2.45, 2.75) is 71.7 Å². The summed E-state index contributed by atoms with van der Waals surface area (Å²) in [7, 11) is 0. The Labute approximate surface area is 234 Å². The van der Waals surface area contributed by atoms with Gasteiger partial charge in [-0.15, -0.1) is 0 Å². The van der Waals surface area contributed by atoms with Gasteiger partial charge in [-0.1, -0.05) is 70.5 Å². The average Bonchev–Trinajstić information content (AvgIpc) is 2.93. The third-order valence-corrected chi connectivity index (χ3v) is 6.36. The number of carbonyl (C=O) groups excluding carboxylic acids is 5. The van der Waals surface area contributed by atoms with Gasteiger partial charge in [0.25, 0.3) is 5.91 Å². The molecule has 1 heterocycles. The molecule has 4 atom stereocenters. The minimum atomic E-state index is -1.19. The van der Waals surface area contributed by atoms with Gasteiger partial charge in [-0.25, -0.2) is 4.79 Å². The fraction of sp³-hybridized carbons (Fsp3) is 0.448. The van der Waals surface area contributed by atoms with Gasteiger partial charge in [0.05, 0.1) is 6.04 Å². The van der Waals surface area contributed by atoms with Crippen LogP contribution < -0.4 is 21.7 Å². The lowest BCUT2D eigenvalue weighted by Crippen LogP contribution is -2.57. The number of amides is 4. The predicted molar refractivity (Wildman–Crippen MR) is 148 cm³/mol. The molecule has 4 amide bonds. The van der Waals surface area contributed by atoms with Crippen LogP contribution in [0.15, 0.2) is 54.9 Å². The Morgan fingerprint density at radius 1 is 0.900 bits per heavy atom. The number of aromatic nitrogens is 1. The van der Waals surface area contributed by atoms with Gasteiger partial charge >= 0.3 is 6.09 Å². The van der Waals surface area contributed by atoms with Crippen LogP contribution in [-0.4, -0.2) is 52.7 Å². The molecule has 1 unspecified atom stereocenters. The third-order valence-electron chi connectivity index (χ3n) is 6.36. The highest BCUT2D eigenvalue weighted by Crippen LogP contribution is 2.13. The maximum Gasteiger partial charge on any atom is 0.408 e. The molecule has 0 fully saturated rings. The van der Waals surface area contributed by atoms with E-state index in [-0.39, 0.29) is 25.4 Å². The van der Waals surface area contributed by atoms with Gasteiger partial charge in [-0.05, 0) is 35.4 Å². The number of alkyl carbamates (subject to hydrolysis) is 1. The van der Waals surface area contributed by atoms with Crippen LogP contribution in [0.1, 0.15) is 51.7 Å². The van der Waals surface area contributed by atoms with Crippen LogP contribution in [0.2, 0.25) is 0 Å². The zero-order valence-corrected chi connectivity index (χ0v) is 23.4. The van der Waals surface area contributed by atoms with Gasteiger partial charge in [0, 0.05) is 18.8 Å². The highest BCUT2D eigenvalue weighted by Gasteiger charge is 2.35. The second-order valence-electron chi connectivity index (χ2n) is 10.1. The summed E-state index contributed by atoms with van der Waals surface area (Å²) in [6, 6.07) is 9.13. The number of pyridine rings is 1. The van der Waals surface area contributed by atoms with Crippen LogP contribution in [0, 0.1) is 11.8 Å². The minimum Gasteiger partial charge on any atom is -0.445 e. The first-order valence-corrected chi connectivity index (χ1v) is 13.3. The number of nitrogens with two attached hydrogens (primary N) is 1. The largest absolute Gasteiger partial charge is 0.445 e. The second-order valence-corrected chi connectivity index (χ2v) is 10.1. The van der Waals surface area contributed by atoms with E-state index in [4.69, 9.17) is 10.5 Å². The summed E-state index contributed by atoms with van der Waals surface area (Å²) in [5.74, 6) is -3.81. The topological polar surface area (TPSA) is 170 Å². The number of benzene rings is 1. The molecule has 0 radical (unpaired) electrons. The van der Waals surface area contributed by atoms with Crippen LogP contribution in [0.4, 0.5) is 4.79 Å². The maximum atomic E-state index is 13.3. The van der Waals surface area contributed by atoms with Crippen molar-refractivity contribution in [2.24, 2.45) is 17.6 Å². The number of primary amides is 1. The number of carbonyl (C=O) groups is 5. The van der Waals surface area contributed by atoms with Crippen molar-refractivity contribution in [3.8, 4) is 0 Å². The molecule has 0 aliphatic carbocycles. The summed E-state index contributed by atoms with van der Waals surface area (Å²) >= 11 is 0. The van der Waals surface area contributed by atoms with Crippen molar-refractivity contribution < 1.29 is 28.7 Å². The van der Waals surface area contributed by atoms with Gasteiger partial charge in [0.15, 0.2) is 0 Å². The van der Waals surface area contributed by atoms with Crippen LogP contribution in [0.3, 0.4) is 0 Å². The number of ketones is 1. The number of nitrogens with one attached hydrogen (secondary N) is 3. The molecule has 2 rings (SSSR count). The standard InChI is InChI=1S/C29H39N5O6/c1-5-19(4)24(25(35)28(38)32-22(26(30)36)15-21-12-9-13-31-16-21)34-27(37)23(14-18(2)3)33-29(39)40-17-20-10-7-6-8-11-20/h6-13,16,18-19,22-24H,5,14-15,17H2,1-4H3,(H2,30,36)(H,32,38)(H,33,39)(H,34,37)/t19-,22-,23-,24?/m0/s1. The molecule has 0 aliphatic rings. The zero-order valence-electron chi connectivity index (χ0n) is 23.4. The van der Waals surface area contributed by atoms with E-state index in [0.29, 0.717) is 12.0 Å². The summed E-state index contributed by atoms with van der Waals surface area (Å²) in [6.45, 7) is 7.32. The number of nitrogens with zero attached hydrogens (tertiary/aromatic N) is 1. The lowest BCUT2D eigenvalue weighted by molar-refractivity contribution is -0.142. The highest BCUT2D eigenvalue weighted by molar-refractivity contribution is 6.38. The number of Topliss-reactive ketones (excluding diaryl/α,β-unsaturated/α-hetero) is 1. The van der Waals surface area contributed by atoms with Gasteiger partial charge in [-0.3, -0.25) is 24.2 Å². The van der Waals surface area contributed by atoms with Gasteiger partial charge < -0.3 is 26.4 Å². The average molecular weight is 554 g/mol. The smallest absolute Gasteiger partial charge is 0.408 e. The van der Waals surface area contributed by atoms with E-state index in [1.165, 1.54) is 6.20 Å². The molecule has 5 N–H and O–H groups in total. The highest BCUT2D eigenvalue weighted by atomic mass is 16.5. The first-order valence-electron chi connectivity index (χ1n) is 13.3. The van der Waals surface area contributed by atoms with Crippen molar-refractivity contribution in [1.29, 1.82) is 0 Å². The molecule has 1 aromatic heterocycles. The number of hydrogen-bond donors (Lipinski definition) is 4.